The van der Waals surface area contributed by atoms with Crippen molar-refractivity contribution in [3.05, 3.63) is 70.7 Å². The Morgan fingerprint density at radius 1 is 1.20 bits per heavy atom. The van der Waals surface area contributed by atoms with E-state index in [1.165, 1.54) is 18.4 Å². The van der Waals surface area contributed by atoms with E-state index in [4.69, 9.17) is 16.0 Å². The minimum atomic E-state index is -0.519. The van der Waals surface area contributed by atoms with E-state index in [1.54, 1.807) is 12.1 Å². The van der Waals surface area contributed by atoms with Crippen LogP contribution in [0.4, 0.5) is 4.39 Å². The van der Waals surface area contributed by atoms with Crippen molar-refractivity contribution in [2.45, 2.75) is 6.42 Å². The smallest absolute Gasteiger partial charge is 0.171 e. The number of para-hydroxylation sites is 1. The Hall–Kier alpha value is -2.13. The lowest BCUT2D eigenvalue weighted by molar-refractivity contribution is 0.0993. The maximum Gasteiger partial charge on any atom is 0.171 e. The molecule has 0 spiro atoms. The van der Waals surface area contributed by atoms with Crippen LogP contribution in [0.5, 0.6) is 0 Å². The fourth-order valence-electron chi connectivity index (χ4n) is 2.12. The molecule has 0 bridgehead atoms. The van der Waals surface area contributed by atoms with E-state index in [0.717, 1.165) is 5.39 Å². The van der Waals surface area contributed by atoms with Gasteiger partial charge in [-0.25, -0.2) is 4.39 Å². The maximum absolute atomic E-state index is 13.4. The largest absolute Gasteiger partial charge is 0.464 e. The standard InChI is InChI=1S/C16H10ClFO2/c17-13-6-5-10(7-14(13)18)8-15(19)12-9-20-16-4-2-1-3-11(12)16/h1-7,9H,8H2. The second kappa shape index (κ2) is 5.10. The van der Waals surface area contributed by atoms with E-state index >= 15 is 0 Å². The van der Waals surface area contributed by atoms with E-state index in [9.17, 15) is 9.18 Å². The molecule has 0 radical (unpaired) electrons. The van der Waals surface area contributed by atoms with E-state index in [2.05, 4.69) is 0 Å². The first-order chi connectivity index (χ1) is 9.65. The zero-order valence-corrected chi connectivity index (χ0v) is 11.2. The number of ketones is 1. The average Bonchev–Trinajstić information content (AvgIpc) is 2.87. The van der Waals surface area contributed by atoms with Crippen molar-refractivity contribution < 1.29 is 13.6 Å². The normalized spacial score (nSPS) is 10.9. The van der Waals surface area contributed by atoms with Crippen LogP contribution in [-0.2, 0) is 6.42 Å². The Morgan fingerprint density at radius 3 is 2.80 bits per heavy atom. The van der Waals surface area contributed by atoms with Crippen molar-refractivity contribution in [3.8, 4) is 0 Å². The van der Waals surface area contributed by atoms with Crippen LogP contribution < -0.4 is 0 Å². The summed E-state index contributed by atoms with van der Waals surface area (Å²) in [5, 5.41) is 0.821. The van der Waals surface area contributed by atoms with Crippen LogP contribution in [0.3, 0.4) is 0 Å². The summed E-state index contributed by atoms with van der Waals surface area (Å²) >= 11 is 5.62. The number of halogens is 2. The van der Waals surface area contributed by atoms with Gasteiger partial charge < -0.3 is 4.42 Å². The zero-order chi connectivity index (χ0) is 14.1. The van der Waals surface area contributed by atoms with Crippen molar-refractivity contribution in [3.63, 3.8) is 0 Å². The fraction of sp³-hybridized carbons (Fsp3) is 0.0625. The van der Waals surface area contributed by atoms with Crippen molar-refractivity contribution >= 4 is 28.4 Å². The average molecular weight is 289 g/mol. The van der Waals surface area contributed by atoms with Crippen LogP contribution in [0.15, 0.2) is 53.1 Å². The highest BCUT2D eigenvalue weighted by molar-refractivity contribution is 6.30. The second-order valence-corrected chi connectivity index (χ2v) is 4.90. The molecule has 20 heavy (non-hydrogen) atoms. The number of hydrogen-bond acceptors (Lipinski definition) is 2. The van der Waals surface area contributed by atoms with E-state index in [1.807, 2.05) is 18.2 Å². The Bertz CT molecular complexity index is 792. The molecular formula is C16H10ClFO2. The molecule has 0 saturated carbocycles. The third-order valence-corrected chi connectivity index (χ3v) is 3.44. The van der Waals surface area contributed by atoms with Crippen LogP contribution in [0.25, 0.3) is 11.0 Å². The van der Waals surface area contributed by atoms with Crippen LogP contribution in [0.1, 0.15) is 15.9 Å². The van der Waals surface area contributed by atoms with Crippen LogP contribution >= 0.6 is 11.6 Å². The first-order valence-electron chi connectivity index (χ1n) is 6.08. The predicted octanol–water partition coefficient (Wildman–Crippen LogP) is 4.65. The zero-order valence-electron chi connectivity index (χ0n) is 10.4. The number of carbonyl (C=O) groups excluding carboxylic acids is 1. The highest BCUT2D eigenvalue weighted by atomic mass is 35.5. The quantitative estimate of drug-likeness (QED) is 0.657. The van der Waals surface area contributed by atoms with Gasteiger partial charge in [-0.15, -0.1) is 0 Å². The third kappa shape index (κ3) is 2.32. The molecule has 0 fully saturated rings. The number of fused-ring (bicyclic) bond motifs is 1. The SMILES string of the molecule is O=C(Cc1ccc(Cl)c(F)c1)c1coc2ccccc12. The fourth-order valence-corrected chi connectivity index (χ4v) is 2.24. The van der Waals surface area contributed by atoms with Crippen molar-refractivity contribution in [2.24, 2.45) is 0 Å². The van der Waals surface area contributed by atoms with Gasteiger partial charge in [0.15, 0.2) is 5.78 Å². The molecule has 0 aliphatic rings. The van der Waals surface area contributed by atoms with Gasteiger partial charge in [0.2, 0.25) is 0 Å². The van der Waals surface area contributed by atoms with Crippen molar-refractivity contribution in [1.82, 2.24) is 0 Å². The first kappa shape index (κ1) is 12.9. The molecule has 3 rings (SSSR count). The number of benzene rings is 2. The van der Waals surface area contributed by atoms with Crippen LogP contribution in [0, 0.1) is 5.82 Å². The summed E-state index contributed by atoms with van der Waals surface area (Å²) in [6.07, 6.45) is 1.55. The highest BCUT2D eigenvalue weighted by Crippen LogP contribution is 2.23. The maximum atomic E-state index is 13.4. The highest BCUT2D eigenvalue weighted by Gasteiger charge is 2.14. The van der Waals surface area contributed by atoms with Gasteiger partial charge in [-0.05, 0) is 23.8 Å². The number of furan rings is 1. The molecule has 4 heteroatoms. The van der Waals surface area contributed by atoms with Crippen LogP contribution in [0.2, 0.25) is 5.02 Å². The molecule has 0 aliphatic carbocycles. The van der Waals surface area contributed by atoms with Crippen molar-refractivity contribution in [1.29, 1.82) is 0 Å². The Labute approximate surface area is 119 Å². The van der Waals surface area contributed by atoms with E-state index in [0.29, 0.717) is 16.7 Å². The molecule has 100 valence electrons. The minimum absolute atomic E-state index is 0.0509. The van der Waals surface area contributed by atoms with Gasteiger partial charge in [-0.2, -0.15) is 0 Å². The van der Waals surface area contributed by atoms with Gasteiger partial charge in [0, 0.05) is 11.8 Å². The molecule has 0 N–H and O–H groups in total. The molecule has 0 unspecified atom stereocenters. The lowest BCUT2D eigenvalue weighted by atomic mass is 10.0. The Kier molecular flexibility index (Phi) is 3.28. The summed E-state index contributed by atoms with van der Waals surface area (Å²) in [6, 6.07) is 11.7. The minimum Gasteiger partial charge on any atom is -0.464 e. The van der Waals surface area contributed by atoms with Gasteiger partial charge in [-0.1, -0.05) is 35.9 Å². The number of carbonyl (C=O) groups is 1. The summed E-state index contributed by atoms with van der Waals surface area (Å²) < 4.78 is 18.7. The summed E-state index contributed by atoms with van der Waals surface area (Å²) in [7, 11) is 0. The molecule has 1 heterocycles. The number of Topliss-reactive ketones (excluding diaryl/α,β-unsaturated/α-hetero) is 1. The molecule has 0 saturated heterocycles. The van der Waals surface area contributed by atoms with E-state index < -0.39 is 5.82 Å². The Balaban J connectivity index is 1.91. The first-order valence-corrected chi connectivity index (χ1v) is 6.46. The Morgan fingerprint density at radius 2 is 2.00 bits per heavy atom. The van der Waals surface area contributed by atoms with E-state index in [-0.39, 0.29) is 17.2 Å². The van der Waals surface area contributed by atoms with Crippen LogP contribution in [-0.4, -0.2) is 5.78 Å². The number of hydrogen-bond donors (Lipinski definition) is 0. The molecule has 1 aromatic heterocycles. The molecule has 0 amide bonds. The van der Waals surface area contributed by atoms with Gasteiger partial charge in [-0.3, -0.25) is 4.79 Å². The summed E-state index contributed by atoms with van der Waals surface area (Å²) in [6.45, 7) is 0. The lowest BCUT2D eigenvalue weighted by Gasteiger charge is -2.01. The summed E-state index contributed by atoms with van der Waals surface area (Å²) in [5.41, 5.74) is 1.76. The third-order valence-electron chi connectivity index (χ3n) is 3.13. The second-order valence-electron chi connectivity index (χ2n) is 4.49. The summed E-state index contributed by atoms with van der Waals surface area (Å²) in [4.78, 5) is 12.3. The number of rotatable bonds is 3. The molecule has 2 aromatic carbocycles. The predicted molar refractivity (Wildman–Crippen MR) is 75.7 cm³/mol. The van der Waals surface area contributed by atoms with Gasteiger partial charge in [0.1, 0.15) is 17.7 Å². The molecule has 2 nitrogen and oxygen atoms in total. The van der Waals surface area contributed by atoms with Gasteiger partial charge in [0.25, 0.3) is 0 Å². The lowest BCUT2D eigenvalue weighted by Crippen LogP contribution is -2.03. The molecule has 3 aromatic rings. The van der Waals surface area contributed by atoms with Gasteiger partial charge in [0.05, 0.1) is 10.6 Å². The topological polar surface area (TPSA) is 30.2 Å². The monoisotopic (exact) mass is 288 g/mol. The van der Waals surface area contributed by atoms with Crippen molar-refractivity contribution in [2.75, 3.05) is 0 Å². The van der Waals surface area contributed by atoms with Gasteiger partial charge >= 0.3 is 0 Å². The molecule has 0 aliphatic heterocycles. The molecular weight excluding hydrogens is 279 g/mol. The molecule has 0 atom stereocenters. The summed E-state index contributed by atoms with van der Waals surface area (Å²) in [5.74, 6) is -0.634.